The predicted molar refractivity (Wildman–Crippen MR) is 90.5 cm³/mol. The van der Waals surface area contributed by atoms with E-state index in [0.717, 1.165) is 63.3 Å². The summed E-state index contributed by atoms with van der Waals surface area (Å²) in [6, 6.07) is 0. The van der Waals surface area contributed by atoms with Crippen LogP contribution in [0.5, 0.6) is 0 Å². The molecule has 0 aromatic carbocycles. The van der Waals surface area contributed by atoms with Crippen LogP contribution in [0.25, 0.3) is 0 Å². The SMILES string of the molecule is O=C(C1CCCCC1)N1CCC(CCc2noc(C3CC3)n2)CC1. The van der Waals surface area contributed by atoms with E-state index in [1.165, 1.54) is 32.1 Å². The monoisotopic (exact) mass is 331 g/mol. The molecule has 3 aliphatic rings. The second-order valence-corrected chi connectivity index (χ2v) is 7.97. The second kappa shape index (κ2) is 7.24. The summed E-state index contributed by atoms with van der Waals surface area (Å²) in [7, 11) is 0. The lowest BCUT2D eigenvalue weighted by Gasteiger charge is -2.35. The van der Waals surface area contributed by atoms with E-state index in [4.69, 9.17) is 4.52 Å². The van der Waals surface area contributed by atoms with Crippen LogP contribution in [0.15, 0.2) is 4.52 Å². The summed E-state index contributed by atoms with van der Waals surface area (Å²) in [6.07, 6.45) is 12.7. The third-order valence-corrected chi connectivity index (χ3v) is 6.07. The van der Waals surface area contributed by atoms with Crippen molar-refractivity contribution in [1.29, 1.82) is 0 Å². The van der Waals surface area contributed by atoms with E-state index in [0.29, 0.717) is 23.7 Å². The molecule has 1 aromatic heterocycles. The van der Waals surface area contributed by atoms with Gasteiger partial charge in [0.15, 0.2) is 5.82 Å². The lowest BCUT2D eigenvalue weighted by molar-refractivity contribution is -0.138. The van der Waals surface area contributed by atoms with E-state index in [9.17, 15) is 4.79 Å². The van der Waals surface area contributed by atoms with Gasteiger partial charge in [-0.05, 0) is 50.9 Å². The molecule has 1 aromatic rings. The minimum Gasteiger partial charge on any atom is -0.342 e. The van der Waals surface area contributed by atoms with Gasteiger partial charge in [-0.25, -0.2) is 0 Å². The summed E-state index contributed by atoms with van der Waals surface area (Å²) in [5.41, 5.74) is 0. The number of carbonyl (C=O) groups is 1. The quantitative estimate of drug-likeness (QED) is 0.825. The molecule has 0 spiro atoms. The van der Waals surface area contributed by atoms with Gasteiger partial charge in [0.25, 0.3) is 0 Å². The molecule has 0 radical (unpaired) electrons. The summed E-state index contributed by atoms with van der Waals surface area (Å²) in [5, 5.41) is 4.12. The van der Waals surface area contributed by atoms with E-state index in [2.05, 4.69) is 15.0 Å². The van der Waals surface area contributed by atoms with Crippen LogP contribution in [-0.4, -0.2) is 34.0 Å². The highest BCUT2D eigenvalue weighted by atomic mass is 16.5. The molecule has 1 aliphatic heterocycles. The number of hydrogen-bond donors (Lipinski definition) is 0. The average molecular weight is 331 g/mol. The molecule has 3 fully saturated rings. The first-order valence-corrected chi connectivity index (χ1v) is 9.91. The Hall–Kier alpha value is -1.39. The zero-order chi connectivity index (χ0) is 16.4. The number of likely N-dealkylation sites (tertiary alicyclic amines) is 1. The maximum absolute atomic E-state index is 12.6. The van der Waals surface area contributed by atoms with Crippen LogP contribution in [-0.2, 0) is 11.2 Å². The minimum atomic E-state index is 0.315. The molecule has 1 amide bonds. The van der Waals surface area contributed by atoms with Crippen LogP contribution in [0.2, 0.25) is 0 Å². The average Bonchev–Trinajstić information content (AvgIpc) is 3.39. The van der Waals surface area contributed by atoms with Gasteiger partial charge in [0.1, 0.15) is 0 Å². The predicted octanol–water partition coefficient (Wildman–Crippen LogP) is 3.70. The second-order valence-electron chi connectivity index (χ2n) is 7.97. The normalized spacial score (nSPS) is 23.6. The summed E-state index contributed by atoms with van der Waals surface area (Å²) in [5.74, 6) is 3.70. The molecule has 0 unspecified atom stereocenters. The van der Waals surface area contributed by atoms with Crippen molar-refractivity contribution in [2.24, 2.45) is 11.8 Å². The molecule has 5 heteroatoms. The van der Waals surface area contributed by atoms with Crippen LogP contribution in [0, 0.1) is 11.8 Å². The maximum atomic E-state index is 12.6. The van der Waals surface area contributed by atoms with E-state index < -0.39 is 0 Å². The Morgan fingerprint density at radius 3 is 2.50 bits per heavy atom. The number of amides is 1. The molecule has 5 nitrogen and oxygen atoms in total. The van der Waals surface area contributed by atoms with Crippen molar-refractivity contribution >= 4 is 5.91 Å². The Balaban J connectivity index is 1.20. The van der Waals surface area contributed by atoms with Crippen LogP contribution in [0.1, 0.15) is 81.8 Å². The summed E-state index contributed by atoms with van der Waals surface area (Å²) in [6.45, 7) is 1.89. The van der Waals surface area contributed by atoms with E-state index in [1.54, 1.807) is 0 Å². The number of aryl methyl sites for hydroxylation is 1. The fourth-order valence-electron chi connectivity index (χ4n) is 4.25. The number of aromatic nitrogens is 2. The molecule has 2 aliphatic carbocycles. The molecular weight excluding hydrogens is 302 g/mol. The van der Waals surface area contributed by atoms with Crippen LogP contribution in [0.3, 0.4) is 0 Å². The molecule has 132 valence electrons. The number of hydrogen-bond acceptors (Lipinski definition) is 4. The van der Waals surface area contributed by atoms with Crippen molar-refractivity contribution < 1.29 is 9.32 Å². The maximum Gasteiger partial charge on any atom is 0.229 e. The molecule has 2 saturated carbocycles. The third-order valence-electron chi connectivity index (χ3n) is 6.07. The Kier molecular flexibility index (Phi) is 4.86. The molecule has 1 saturated heterocycles. The Bertz CT molecular complexity index is 553. The van der Waals surface area contributed by atoms with Crippen molar-refractivity contribution in [3.8, 4) is 0 Å². The van der Waals surface area contributed by atoms with E-state index >= 15 is 0 Å². The van der Waals surface area contributed by atoms with Crippen molar-refractivity contribution in [2.75, 3.05) is 13.1 Å². The topological polar surface area (TPSA) is 59.2 Å². The van der Waals surface area contributed by atoms with Crippen LogP contribution >= 0.6 is 0 Å². The zero-order valence-corrected chi connectivity index (χ0v) is 14.6. The summed E-state index contributed by atoms with van der Waals surface area (Å²) < 4.78 is 5.33. The Morgan fingerprint density at radius 1 is 1.04 bits per heavy atom. The first-order chi connectivity index (χ1) is 11.8. The standard InChI is InChI=1S/C19H29N3O2/c23-19(16-4-2-1-3-5-16)22-12-10-14(11-13-22)6-9-17-20-18(24-21-17)15-7-8-15/h14-16H,1-13H2. The molecule has 0 atom stereocenters. The highest BCUT2D eigenvalue weighted by molar-refractivity contribution is 5.79. The van der Waals surface area contributed by atoms with Crippen LogP contribution in [0.4, 0.5) is 0 Å². The first kappa shape index (κ1) is 16.1. The van der Waals surface area contributed by atoms with Crippen molar-refractivity contribution in [2.45, 2.75) is 76.5 Å². The zero-order valence-electron chi connectivity index (χ0n) is 14.6. The number of nitrogens with zero attached hydrogens (tertiary/aromatic N) is 3. The fourth-order valence-corrected chi connectivity index (χ4v) is 4.25. The molecule has 2 heterocycles. The lowest BCUT2D eigenvalue weighted by Crippen LogP contribution is -2.42. The highest BCUT2D eigenvalue weighted by Crippen LogP contribution is 2.39. The minimum absolute atomic E-state index is 0.315. The Labute approximate surface area is 144 Å². The van der Waals surface area contributed by atoms with E-state index in [-0.39, 0.29) is 0 Å². The largest absolute Gasteiger partial charge is 0.342 e. The smallest absolute Gasteiger partial charge is 0.229 e. The molecule has 4 rings (SSSR count). The third kappa shape index (κ3) is 3.81. The van der Waals surface area contributed by atoms with E-state index in [1.807, 2.05) is 0 Å². The van der Waals surface area contributed by atoms with Gasteiger partial charge >= 0.3 is 0 Å². The highest BCUT2D eigenvalue weighted by Gasteiger charge is 2.31. The van der Waals surface area contributed by atoms with Crippen molar-refractivity contribution in [3.63, 3.8) is 0 Å². The lowest BCUT2D eigenvalue weighted by atomic mass is 9.86. The van der Waals surface area contributed by atoms with Gasteiger partial charge < -0.3 is 9.42 Å². The summed E-state index contributed by atoms with van der Waals surface area (Å²) in [4.78, 5) is 19.3. The number of rotatable bonds is 5. The number of piperidine rings is 1. The molecular formula is C19H29N3O2. The van der Waals surface area contributed by atoms with Gasteiger partial charge in [-0.2, -0.15) is 4.98 Å². The van der Waals surface area contributed by atoms with Gasteiger partial charge in [0.05, 0.1) is 0 Å². The van der Waals surface area contributed by atoms with Crippen molar-refractivity contribution in [3.05, 3.63) is 11.7 Å². The van der Waals surface area contributed by atoms with Gasteiger partial charge in [-0.3, -0.25) is 4.79 Å². The van der Waals surface area contributed by atoms with Gasteiger partial charge in [-0.15, -0.1) is 0 Å². The number of carbonyl (C=O) groups excluding carboxylic acids is 1. The molecule has 24 heavy (non-hydrogen) atoms. The summed E-state index contributed by atoms with van der Waals surface area (Å²) >= 11 is 0. The first-order valence-electron chi connectivity index (χ1n) is 9.91. The fraction of sp³-hybridized carbons (Fsp3) is 0.842. The van der Waals surface area contributed by atoms with Crippen molar-refractivity contribution in [1.82, 2.24) is 15.0 Å². The molecule has 0 N–H and O–H groups in total. The van der Waals surface area contributed by atoms with Gasteiger partial charge in [-0.1, -0.05) is 24.4 Å². The van der Waals surface area contributed by atoms with Crippen LogP contribution < -0.4 is 0 Å². The molecule has 0 bridgehead atoms. The van der Waals surface area contributed by atoms with Gasteiger partial charge in [0, 0.05) is 31.3 Å². The van der Waals surface area contributed by atoms with Gasteiger partial charge in [0.2, 0.25) is 11.8 Å². The Morgan fingerprint density at radius 2 is 1.79 bits per heavy atom.